The summed E-state index contributed by atoms with van der Waals surface area (Å²) < 4.78 is 11.8. The molecule has 0 aromatic heterocycles. The van der Waals surface area contributed by atoms with E-state index >= 15 is 0 Å². The fraction of sp³-hybridized carbons (Fsp3) is 0.591. The van der Waals surface area contributed by atoms with Crippen molar-refractivity contribution in [2.75, 3.05) is 39.5 Å². The van der Waals surface area contributed by atoms with E-state index in [1.165, 1.54) is 10.6 Å². The van der Waals surface area contributed by atoms with Gasteiger partial charge in [-0.25, -0.2) is 0 Å². The molecule has 28 heavy (non-hydrogen) atoms. The van der Waals surface area contributed by atoms with E-state index in [4.69, 9.17) is 14.3 Å². The Morgan fingerprint density at radius 3 is 2.86 bits per heavy atom. The third-order valence-corrected chi connectivity index (χ3v) is 7.55. The Bertz CT molecular complexity index is 853. The van der Waals surface area contributed by atoms with Crippen molar-refractivity contribution in [3.63, 3.8) is 0 Å². The predicted octanol–water partition coefficient (Wildman–Crippen LogP) is 2.53. The van der Waals surface area contributed by atoms with E-state index in [1.807, 2.05) is 18.2 Å². The summed E-state index contributed by atoms with van der Waals surface area (Å²) in [4.78, 5) is 21.8. The number of likely N-dealkylation sites (N-methyl/N-ethyl adjacent to an activating group) is 1. The number of amides is 1. The van der Waals surface area contributed by atoms with Gasteiger partial charge in [0.15, 0.2) is 0 Å². The zero-order chi connectivity index (χ0) is 19.6. The van der Waals surface area contributed by atoms with Crippen LogP contribution in [0, 0.1) is 11.8 Å². The molecule has 6 heteroatoms. The van der Waals surface area contributed by atoms with E-state index in [-0.39, 0.29) is 12.0 Å². The summed E-state index contributed by atoms with van der Waals surface area (Å²) in [6.07, 6.45) is 3.79. The molecular formula is C22H28N2O4. The van der Waals surface area contributed by atoms with Gasteiger partial charge in [0, 0.05) is 24.6 Å². The van der Waals surface area contributed by atoms with Crippen molar-refractivity contribution in [1.82, 2.24) is 4.90 Å². The molecular weight excluding hydrogens is 356 g/mol. The summed E-state index contributed by atoms with van der Waals surface area (Å²) in [6, 6.07) is 6.19. The summed E-state index contributed by atoms with van der Waals surface area (Å²) in [5.74, 6) is 1.64. The van der Waals surface area contributed by atoms with Gasteiger partial charge in [-0.1, -0.05) is 17.7 Å². The highest BCUT2D eigenvalue weighted by Crippen LogP contribution is 2.57. The van der Waals surface area contributed by atoms with E-state index in [0.717, 1.165) is 43.0 Å². The zero-order valence-corrected chi connectivity index (χ0v) is 17.0. The minimum Gasteiger partial charge on any atom is -0.497 e. The van der Waals surface area contributed by atoms with Crippen molar-refractivity contribution in [2.24, 2.45) is 11.8 Å². The summed E-state index contributed by atoms with van der Waals surface area (Å²) >= 11 is 0. The summed E-state index contributed by atoms with van der Waals surface area (Å²) in [5.41, 5.74) is 2.57. The lowest BCUT2D eigenvalue weighted by Gasteiger charge is -2.46. The molecule has 1 spiro atoms. The van der Waals surface area contributed by atoms with Crippen molar-refractivity contribution in [3.05, 3.63) is 35.4 Å². The van der Waals surface area contributed by atoms with Crippen LogP contribution in [-0.2, 0) is 19.8 Å². The van der Waals surface area contributed by atoms with E-state index in [9.17, 15) is 4.79 Å². The third-order valence-electron chi connectivity index (χ3n) is 7.55. The zero-order valence-electron chi connectivity index (χ0n) is 17.0. The molecule has 4 bridgehead atoms. The van der Waals surface area contributed by atoms with Crippen molar-refractivity contribution < 1.29 is 19.1 Å². The highest BCUT2D eigenvalue weighted by atomic mass is 16.7. The smallest absolute Gasteiger partial charge is 0.264 e. The largest absolute Gasteiger partial charge is 0.497 e. The summed E-state index contributed by atoms with van der Waals surface area (Å²) in [6.45, 7) is 3.83. The first-order chi connectivity index (χ1) is 13.5. The van der Waals surface area contributed by atoms with E-state index < -0.39 is 5.41 Å². The Labute approximate surface area is 166 Å². The molecule has 5 aliphatic rings. The maximum absolute atomic E-state index is 13.8. The second kappa shape index (κ2) is 6.31. The molecule has 0 N–H and O–H groups in total. The van der Waals surface area contributed by atoms with Gasteiger partial charge in [-0.2, -0.15) is 5.06 Å². The summed E-state index contributed by atoms with van der Waals surface area (Å²) in [7, 11) is 5.37. The van der Waals surface area contributed by atoms with Gasteiger partial charge < -0.3 is 9.47 Å². The van der Waals surface area contributed by atoms with Gasteiger partial charge in [0.2, 0.25) is 0 Å². The fourth-order valence-corrected chi connectivity index (χ4v) is 6.17. The number of carbonyl (C=O) groups excluding carboxylic acids is 1. The number of hydrogen-bond donors (Lipinski definition) is 0. The molecule has 4 fully saturated rings. The molecule has 1 aromatic carbocycles. The number of carbonyl (C=O) groups is 1. The van der Waals surface area contributed by atoms with Crippen molar-refractivity contribution in [3.8, 4) is 5.75 Å². The number of ether oxygens (including phenoxy) is 2. The standard InChI is InChI=1S/C22H28N2O4/c1-5-13-11-23(2)19-10-22(20-9-15(13)16(19)12-28-20)17-7-6-14(26-3)8-18(17)24(27-4)21(22)25/h5-8,15-16,19-20H,9-12H2,1-4H3/b13-5+. The number of benzene rings is 1. The van der Waals surface area contributed by atoms with Crippen LogP contribution in [0.25, 0.3) is 0 Å². The molecule has 150 valence electrons. The molecule has 6 nitrogen and oxygen atoms in total. The number of piperidine rings is 1. The first-order valence-electron chi connectivity index (χ1n) is 10.1. The van der Waals surface area contributed by atoms with Crippen molar-refractivity contribution in [2.45, 2.75) is 37.3 Å². The maximum Gasteiger partial charge on any atom is 0.264 e. The quantitative estimate of drug-likeness (QED) is 0.734. The molecule has 6 rings (SSSR count). The Morgan fingerprint density at radius 2 is 2.14 bits per heavy atom. The molecule has 0 radical (unpaired) electrons. The topological polar surface area (TPSA) is 51.2 Å². The van der Waals surface area contributed by atoms with Gasteiger partial charge in [0.25, 0.3) is 5.91 Å². The van der Waals surface area contributed by atoms with Crippen molar-refractivity contribution in [1.29, 1.82) is 0 Å². The Balaban J connectivity index is 1.69. The van der Waals surface area contributed by atoms with Crippen LogP contribution in [0.5, 0.6) is 5.75 Å². The molecule has 3 saturated heterocycles. The maximum atomic E-state index is 13.8. The molecule has 5 unspecified atom stereocenters. The van der Waals surface area contributed by atoms with Crippen LogP contribution in [0.1, 0.15) is 25.3 Å². The Morgan fingerprint density at radius 1 is 1.32 bits per heavy atom. The highest BCUT2D eigenvalue weighted by Gasteiger charge is 2.64. The average molecular weight is 384 g/mol. The number of allylic oxidation sites excluding steroid dienone is 1. The molecule has 1 aliphatic carbocycles. The van der Waals surface area contributed by atoms with Crippen LogP contribution in [0.3, 0.4) is 0 Å². The number of nitrogens with zero attached hydrogens (tertiary/aromatic N) is 2. The molecule has 1 saturated carbocycles. The van der Waals surface area contributed by atoms with Crippen LogP contribution in [0.2, 0.25) is 0 Å². The van der Waals surface area contributed by atoms with Crippen molar-refractivity contribution >= 4 is 11.6 Å². The van der Waals surface area contributed by atoms with E-state index in [2.05, 4.69) is 24.9 Å². The fourth-order valence-electron chi connectivity index (χ4n) is 6.17. The third kappa shape index (κ3) is 2.17. The summed E-state index contributed by atoms with van der Waals surface area (Å²) in [5, 5.41) is 1.44. The van der Waals surface area contributed by atoms with E-state index in [1.54, 1.807) is 14.2 Å². The molecule has 1 aromatic rings. The second-order valence-corrected chi connectivity index (χ2v) is 8.51. The molecule has 5 atom stereocenters. The number of fused-ring (bicyclic) bond motifs is 2. The van der Waals surface area contributed by atoms with Gasteiger partial charge >= 0.3 is 0 Å². The number of rotatable bonds is 2. The number of hydrogen-bond acceptors (Lipinski definition) is 5. The first-order valence-corrected chi connectivity index (χ1v) is 10.1. The minimum absolute atomic E-state index is 0.00752. The monoisotopic (exact) mass is 384 g/mol. The normalized spacial score (nSPS) is 38.2. The SMILES string of the molecule is C/C=C1\CN(C)C2CC3(C(=O)N(OC)c4cc(OC)ccc43)C3CC1C2CO3. The molecule has 4 heterocycles. The number of methoxy groups -OCH3 is 1. The number of likely N-dealkylation sites (tertiary alicyclic amines) is 1. The minimum atomic E-state index is -0.705. The lowest BCUT2D eigenvalue weighted by molar-refractivity contribution is -0.137. The second-order valence-electron chi connectivity index (χ2n) is 8.51. The number of anilines is 1. The lowest BCUT2D eigenvalue weighted by Crippen LogP contribution is -2.50. The lowest BCUT2D eigenvalue weighted by atomic mass is 9.72. The molecule has 1 amide bonds. The van der Waals surface area contributed by atoms with Crippen LogP contribution < -0.4 is 9.80 Å². The van der Waals surface area contributed by atoms with Gasteiger partial charge in [0.05, 0.1) is 32.6 Å². The van der Waals surface area contributed by atoms with E-state index in [0.29, 0.717) is 17.9 Å². The van der Waals surface area contributed by atoms with Crippen LogP contribution in [-0.4, -0.2) is 57.4 Å². The average Bonchev–Trinajstić information content (AvgIpc) is 2.82. The van der Waals surface area contributed by atoms with Gasteiger partial charge in [-0.3, -0.25) is 14.5 Å². The first kappa shape index (κ1) is 18.2. The Kier molecular flexibility index (Phi) is 4.09. The van der Waals surface area contributed by atoms with Crippen LogP contribution in [0.4, 0.5) is 5.69 Å². The van der Waals surface area contributed by atoms with Gasteiger partial charge in [-0.05, 0) is 44.4 Å². The number of hydroxylamine groups is 1. The van der Waals surface area contributed by atoms with Crippen LogP contribution in [0.15, 0.2) is 29.8 Å². The molecule has 4 aliphatic heterocycles. The Hall–Kier alpha value is -1.89. The van der Waals surface area contributed by atoms with Gasteiger partial charge in [-0.15, -0.1) is 0 Å². The predicted molar refractivity (Wildman–Crippen MR) is 105 cm³/mol. The van der Waals surface area contributed by atoms with Gasteiger partial charge in [0.1, 0.15) is 11.2 Å². The van der Waals surface area contributed by atoms with Crippen LogP contribution >= 0.6 is 0 Å². The highest BCUT2D eigenvalue weighted by molar-refractivity contribution is 6.07.